The van der Waals surface area contributed by atoms with Crippen LogP contribution in [0.5, 0.6) is 0 Å². The van der Waals surface area contributed by atoms with E-state index in [-0.39, 0.29) is 6.04 Å². The third-order valence-electron chi connectivity index (χ3n) is 3.56. The Labute approximate surface area is 98.4 Å². The Morgan fingerprint density at radius 3 is 2.75 bits per heavy atom. The summed E-state index contributed by atoms with van der Waals surface area (Å²) >= 11 is 0. The SMILES string of the molecule is CC(C)C(N)c1ccc2c(c1)CCCN2C. The molecule has 0 fully saturated rings. The summed E-state index contributed by atoms with van der Waals surface area (Å²) in [6, 6.07) is 6.88. The normalized spacial score (nSPS) is 17.4. The highest BCUT2D eigenvalue weighted by Crippen LogP contribution is 2.29. The van der Waals surface area contributed by atoms with Gasteiger partial charge in [-0.3, -0.25) is 0 Å². The van der Waals surface area contributed by atoms with E-state index in [1.807, 2.05) is 0 Å². The number of fused-ring (bicyclic) bond motifs is 1. The topological polar surface area (TPSA) is 29.3 Å². The average molecular weight is 218 g/mol. The average Bonchev–Trinajstić information content (AvgIpc) is 2.28. The van der Waals surface area contributed by atoms with E-state index < -0.39 is 0 Å². The third kappa shape index (κ3) is 2.07. The van der Waals surface area contributed by atoms with Crippen LogP contribution in [0.2, 0.25) is 0 Å². The van der Waals surface area contributed by atoms with Crippen LogP contribution in [0.1, 0.15) is 37.4 Å². The quantitative estimate of drug-likeness (QED) is 0.827. The molecule has 2 N–H and O–H groups in total. The molecule has 0 amide bonds. The van der Waals surface area contributed by atoms with Crippen LogP contribution >= 0.6 is 0 Å². The Hall–Kier alpha value is -1.02. The van der Waals surface area contributed by atoms with Crippen molar-refractivity contribution in [3.8, 4) is 0 Å². The van der Waals surface area contributed by atoms with Crippen molar-refractivity contribution >= 4 is 5.69 Å². The van der Waals surface area contributed by atoms with Gasteiger partial charge in [0.05, 0.1) is 0 Å². The molecule has 88 valence electrons. The second-order valence-electron chi connectivity index (χ2n) is 5.18. The van der Waals surface area contributed by atoms with Gasteiger partial charge in [-0.2, -0.15) is 0 Å². The molecule has 1 aliphatic rings. The molecule has 0 bridgehead atoms. The molecule has 0 aliphatic carbocycles. The van der Waals surface area contributed by atoms with Gasteiger partial charge in [0.25, 0.3) is 0 Å². The molecule has 0 saturated heterocycles. The molecule has 2 rings (SSSR count). The monoisotopic (exact) mass is 218 g/mol. The molecule has 1 unspecified atom stereocenters. The summed E-state index contributed by atoms with van der Waals surface area (Å²) < 4.78 is 0. The summed E-state index contributed by atoms with van der Waals surface area (Å²) in [5.41, 5.74) is 10.3. The number of aryl methyl sites for hydroxylation is 1. The number of nitrogens with zero attached hydrogens (tertiary/aromatic N) is 1. The molecule has 1 aromatic carbocycles. The van der Waals surface area contributed by atoms with E-state index in [1.165, 1.54) is 36.2 Å². The zero-order chi connectivity index (χ0) is 11.7. The van der Waals surface area contributed by atoms with Crippen LogP contribution < -0.4 is 10.6 Å². The smallest absolute Gasteiger partial charge is 0.0396 e. The molecule has 0 radical (unpaired) electrons. The Balaban J connectivity index is 2.32. The van der Waals surface area contributed by atoms with Crippen LogP contribution in [0.3, 0.4) is 0 Å². The van der Waals surface area contributed by atoms with Gasteiger partial charge in [-0.25, -0.2) is 0 Å². The molecule has 1 aliphatic heterocycles. The number of benzene rings is 1. The Morgan fingerprint density at radius 2 is 2.06 bits per heavy atom. The second-order valence-corrected chi connectivity index (χ2v) is 5.18. The zero-order valence-corrected chi connectivity index (χ0v) is 10.5. The summed E-state index contributed by atoms with van der Waals surface area (Å²) in [7, 11) is 2.17. The fourth-order valence-electron chi connectivity index (χ4n) is 2.40. The lowest BCUT2D eigenvalue weighted by atomic mass is 9.92. The Bertz CT molecular complexity index is 371. The molecular weight excluding hydrogens is 196 g/mol. The molecule has 1 aromatic rings. The van der Waals surface area contributed by atoms with Gasteiger partial charge in [0, 0.05) is 25.3 Å². The molecule has 2 nitrogen and oxygen atoms in total. The van der Waals surface area contributed by atoms with E-state index in [1.54, 1.807) is 0 Å². The predicted molar refractivity (Wildman–Crippen MR) is 69.8 cm³/mol. The lowest BCUT2D eigenvalue weighted by Crippen LogP contribution is -2.25. The van der Waals surface area contributed by atoms with Crippen molar-refractivity contribution in [3.05, 3.63) is 29.3 Å². The minimum Gasteiger partial charge on any atom is -0.374 e. The Morgan fingerprint density at radius 1 is 1.31 bits per heavy atom. The minimum atomic E-state index is 0.164. The minimum absolute atomic E-state index is 0.164. The number of hydrogen-bond acceptors (Lipinski definition) is 2. The van der Waals surface area contributed by atoms with Crippen LogP contribution in [0.25, 0.3) is 0 Å². The summed E-state index contributed by atoms with van der Waals surface area (Å²) in [6.07, 6.45) is 2.45. The summed E-state index contributed by atoms with van der Waals surface area (Å²) in [6.45, 7) is 5.52. The van der Waals surface area contributed by atoms with Crippen molar-refractivity contribution < 1.29 is 0 Å². The van der Waals surface area contributed by atoms with Gasteiger partial charge in [0.15, 0.2) is 0 Å². The third-order valence-corrected chi connectivity index (χ3v) is 3.56. The van der Waals surface area contributed by atoms with Crippen molar-refractivity contribution in [1.29, 1.82) is 0 Å². The first-order chi connectivity index (χ1) is 7.59. The van der Waals surface area contributed by atoms with Gasteiger partial charge in [0.2, 0.25) is 0 Å². The van der Waals surface area contributed by atoms with Crippen LogP contribution in [0.15, 0.2) is 18.2 Å². The summed E-state index contributed by atoms with van der Waals surface area (Å²) in [5, 5.41) is 0. The van der Waals surface area contributed by atoms with Gasteiger partial charge in [-0.15, -0.1) is 0 Å². The van der Waals surface area contributed by atoms with Gasteiger partial charge in [0.1, 0.15) is 0 Å². The molecule has 0 aromatic heterocycles. The Kier molecular flexibility index (Phi) is 3.20. The lowest BCUT2D eigenvalue weighted by molar-refractivity contribution is 0.513. The molecule has 1 heterocycles. The molecular formula is C14H22N2. The predicted octanol–water partition coefficient (Wildman–Crippen LogP) is 2.72. The number of rotatable bonds is 2. The first-order valence-electron chi connectivity index (χ1n) is 6.19. The van der Waals surface area contributed by atoms with Gasteiger partial charge < -0.3 is 10.6 Å². The van der Waals surface area contributed by atoms with Crippen LogP contribution in [0, 0.1) is 5.92 Å². The van der Waals surface area contributed by atoms with Crippen LogP contribution in [0.4, 0.5) is 5.69 Å². The standard InChI is InChI=1S/C14H22N2/c1-10(2)14(15)12-6-7-13-11(9-12)5-4-8-16(13)3/h6-7,9-10,14H,4-5,8,15H2,1-3H3. The number of nitrogens with two attached hydrogens (primary N) is 1. The molecule has 1 atom stereocenters. The first kappa shape index (κ1) is 11.5. The lowest BCUT2D eigenvalue weighted by Gasteiger charge is -2.28. The largest absolute Gasteiger partial charge is 0.374 e. The maximum atomic E-state index is 6.19. The van der Waals surface area contributed by atoms with E-state index >= 15 is 0 Å². The number of anilines is 1. The summed E-state index contributed by atoms with van der Waals surface area (Å²) in [5.74, 6) is 0.499. The van der Waals surface area contributed by atoms with E-state index in [9.17, 15) is 0 Å². The van der Waals surface area contributed by atoms with Gasteiger partial charge in [-0.05, 0) is 36.0 Å². The van der Waals surface area contributed by atoms with Crippen LogP contribution in [-0.2, 0) is 6.42 Å². The van der Waals surface area contributed by atoms with Crippen molar-refractivity contribution in [2.45, 2.75) is 32.7 Å². The van der Waals surface area contributed by atoms with E-state index in [4.69, 9.17) is 5.73 Å². The van der Waals surface area contributed by atoms with E-state index in [0.29, 0.717) is 5.92 Å². The van der Waals surface area contributed by atoms with Crippen molar-refractivity contribution in [2.24, 2.45) is 11.7 Å². The number of hydrogen-bond donors (Lipinski definition) is 1. The molecule has 0 saturated carbocycles. The van der Waals surface area contributed by atoms with Crippen molar-refractivity contribution in [3.63, 3.8) is 0 Å². The molecule has 0 spiro atoms. The van der Waals surface area contributed by atoms with E-state index in [0.717, 1.165) is 0 Å². The van der Waals surface area contributed by atoms with Gasteiger partial charge >= 0.3 is 0 Å². The summed E-state index contributed by atoms with van der Waals surface area (Å²) in [4.78, 5) is 2.34. The van der Waals surface area contributed by atoms with E-state index in [2.05, 4.69) is 44.0 Å². The second kappa shape index (κ2) is 4.46. The maximum Gasteiger partial charge on any atom is 0.0396 e. The molecule has 16 heavy (non-hydrogen) atoms. The fourth-order valence-corrected chi connectivity index (χ4v) is 2.40. The highest BCUT2D eigenvalue weighted by Gasteiger charge is 2.16. The fraction of sp³-hybridized carbons (Fsp3) is 0.571. The maximum absolute atomic E-state index is 6.19. The highest BCUT2D eigenvalue weighted by atomic mass is 15.1. The van der Waals surface area contributed by atoms with Crippen molar-refractivity contribution in [2.75, 3.05) is 18.5 Å². The zero-order valence-electron chi connectivity index (χ0n) is 10.5. The molecule has 2 heteroatoms. The van der Waals surface area contributed by atoms with Crippen LogP contribution in [-0.4, -0.2) is 13.6 Å². The van der Waals surface area contributed by atoms with Crippen molar-refractivity contribution in [1.82, 2.24) is 0 Å². The van der Waals surface area contributed by atoms with Gasteiger partial charge in [-0.1, -0.05) is 26.0 Å². The first-order valence-corrected chi connectivity index (χ1v) is 6.19. The highest BCUT2D eigenvalue weighted by molar-refractivity contribution is 5.56.